The molecule has 1 N–H and O–H groups in total. The largest absolute Gasteiger partial charge is 0.348 e. The maximum Gasteiger partial charge on any atom is 0.244 e. The zero-order valence-corrected chi connectivity index (χ0v) is 16.2. The van der Waals surface area contributed by atoms with Crippen LogP contribution in [0.1, 0.15) is 37.0 Å². The van der Waals surface area contributed by atoms with E-state index in [-0.39, 0.29) is 11.9 Å². The summed E-state index contributed by atoms with van der Waals surface area (Å²) in [4.78, 5) is 12.3. The third-order valence-electron chi connectivity index (χ3n) is 3.52. The topological polar surface area (TPSA) is 64.7 Å². The lowest BCUT2D eigenvalue weighted by Crippen LogP contribution is -2.31. The Balaban J connectivity index is 2.05. The number of carbonyl (C=O) groups excluding carboxylic acids is 1. The molecule has 0 aliphatic rings. The number of aromatic nitrogens is 4. The van der Waals surface area contributed by atoms with E-state index >= 15 is 0 Å². The number of amides is 1. The van der Waals surface area contributed by atoms with E-state index in [4.69, 9.17) is 0 Å². The molecule has 0 spiro atoms. The molecule has 0 fully saturated rings. The van der Waals surface area contributed by atoms with E-state index in [0.717, 1.165) is 32.6 Å². The van der Waals surface area contributed by atoms with Gasteiger partial charge in [0, 0.05) is 12.7 Å². The molecule has 1 atom stereocenters. The van der Waals surface area contributed by atoms with Gasteiger partial charge in [-0.15, -0.1) is 0 Å². The van der Waals surface area contributed by atoms with Crippen molar-refractivity contribution in [3.05, 3.63) is 32.2 Å². The van der Waals surface area contributed by atoms with Gasteiger partial charge in [0.15, 0.2) is 0 Å². The zero-order valence-electron chi connectivity index (χ0n) is 13.0. The summed E-state index contributed by atoms with van der Waals surface area (Å²) in [5, 5.41) is 11.7. The molecule has 0 radical (unpaired) electrons. The number of nitrogens with zero attached hydrogens (tertiary/aromatic N) is 4. The minimum Gasteiger partial charge on any atom is -0.348 e. The highest BCUT2D eigenvalue weighted by atomic mass is 79.9. The van der Waals surface area contributed by atoms with Crippen molar-refractivity contribution in [1.29, 1.82) is 0 Å². The monoisotopic (exact) mass is 431 g/mol. The predicted molar refractivity (Wildman–Crippen MR) is 91.6 cm³/mol. The van der Waals surface area contributed by atoms with Crippen molar-refractivity contribution in [2.24, 2.45) is 0 Å². The summed E-state index contributed by atoms with van der Waals surface area (Å²) in [5.41, 5.74) is 2.63. The second-order valence-corrected chi connectivity index (χ2v) is 6.75. The summed E-state index contributed by atoms with van der Waals surface area (Å²) >= 11 is 6.94. The fraction of sp³-hybridized carbons (Fsp3) is 0.500. The lowest BCUT2D eigenvalue weighted by atomic mass is 10.3. The second-order valence-electron chi connectivity index (χ2n) is 5.10. The van der Waals surface area contributed by atoms with Gasteiger partial charge in [0.1, 0.15) is 6.04 Å². The van der Waals surface area contributed by atoms with E-state index in [1.54, 1.807) is 4.68 Å². The maximum absolute atomic E-state index is 12.3. The van der Waals surface area contributed by atoms with Crippen LogP contribution in [-0.2, 0) is 17.9 Å². The van der Waals surface area contributed by atoms with Crippen LogP contribution in [0.25, 0.3) is 0 Å². The minimum absolute atomic E-state index is 0.0870. The van der Waals surface area contributed by atoms with Gasteiger partial charge in [0.2, 0.25) is 5.91 Å². The number of halogens is 2. The predicted octanol–water partition coefficient (Wildman–Crippen LogP) is 3.12. The molecule has 0 bridgehead atoms. The molecule has 0 aromatic carbocycles. The van der Waals surface area contributed by atoms with E-state index in [2.05, 4.69) is 47.4 Å². The van der Waals surface area contributed by atoms with Crippen LogP contribution in [-0.4, -0.2) is 25.5 Å². The molecule has 8 heteroatoms. The second kappa shape index (κ2) is 6.95. The first kappa shape index (κ1) is 17.2. The van der Waals surface area contributed by atoms with E-state index in [1.807, 2.05) is 38.6 Å². The Hall–Kier alpha value is -1.15. The van der Waals surface area contributed by atoms with Crippen LogP contribution in [0.2, 0.25) is 0 Å². The molecule has 1 amide bonds. The van der Waals surface area contributed by atoms with Crippen molar-refractivity contribution >= 4 is 37.8 Å². The summed E-state index contributed by atoms with van der Waals surface area (Å²) in [6.45, 7) is 8.88. The van der Waals surface area contributed by atoms with Gasteiger partial charge in [-0.1, -0.05) is 0 Å². The average Bonchev–Trinajstić information content (AvgIpc) is 2.98. The van der Waals surface area contributed by atoms with Crippen molar-refractivity contribution in [2.75, 3.05) is 0 Å². The summed E-state index contributed by atoms with van der Waals surface area (Å²) in [6.07, 6.45) is 1.91. The van der Waals surface area contributed by atoms with Crippen LogP contribution in [0.4, 0.5) is 0 Å². The Morgan fingerprint density at radius 2 is 2.05 bits per heavy atom. The molecule has 2 aromatic rings. The molecule has 22 heavy (non-hydrogen) atoms. The minimum atomic E-state index is -0.378. The Bertz CT molecular complexity index is 692. The zero-order chi connectivity index (χ0) is 16.4. The van der Waals surface area contributed by atoms with Crippen LogP contribution >= 0.6 is 31.9 Å². The van der Waals surface area contributed by atoms with Crippen LogP contribution in [0.5, 0.6) is 0 Å². The fourth-order valence-corrected chi connectivity index (χ4v) is 2.89. The van der Waals surface area contributed by atoms with Crippen molar-refractivity contribution in [3.8, 4) is 0 Å². The molecule has 2 aromatic heterocycles. The number of rotatable bonds is 5. The highest BCUT2D eigenvalue weighted by molar-refractivity contribution is 9.10. The van der Waals surface area contributed by atoms with E-state index in [0.29, 0.717) is 6.54 Å². The first-order valence-corrected chi connectivity index (χ1v) is 8.64. The number of nitrogens with one attached hydrogen (secondary N) is 1. The Kier molecular flexibility index (Phi) is 5.44. The molecule has 0 aliphatic carbocycles. The Morgan fingerprint density at radius 3 is 2.55 bits per heavy atom. The Labute approximate surface area is 146 Å². The molecular weight excluding hydrogens is 414 g/mol. The summed E-state index contributed by atoms with van der Waals surface area (Å²) in [7, 11) is 0. The first-order valence-electron chi connectivity index (χ1n) is 7.05. The number of hydrogen-bond acceptors (Lipinski definition) is 3. The third-order valence-corrected chi connectivity index (χ3v) is 5.33. The van der Waals surface area contributed by atoms with Gasteiger partial charge in [0.05, 0.1) is 32.6 Å². The third kappa shape index (κ3) is 3.43. The van der Waals surface area contributed by atoms with Gasteiger partial charge >= 0.3 is 0 Å². The van der Waals surface area contributed by atoms with Gasteiger partial charge in [-0.3, -0.25) is 14.2 Å². The van der Waals surface area contributed by atoms with Gasteiger partial charge in [0.25, 0.3) is 0 Å². The van der Waals surface area contributed by atoms with Gasteiger partial charge in [-0.25, -0.2) is 0 Å². The number of carbonyl (C=O) groups is 1. The van der Waals surface area contributed by atoms with E-state index in [1.165, 1.54) is 0 Å². The lowest BCUT2D eigenvalue weighted by molar-refractivity contribution is -0.124. The van der Waals surface area contributed by atoms with Crippen molar-refractivity contribution < 1.29 is 4.79 Å². The van der Waals surface area contributed by atoms with Crippen molar-refractivity contribution in [3.63, 3.8) is 0 Å². The van der Waals surface area contributed by atoms with Gasteiger partial charge in [-0.05, 0) is 59.6 Å². The summed E-state index contributed by atoms with van der Waals surface area (Å²) in [5.74, 6) is -0.0870. The number of hydrogen-bond donors (Lipinski definition) is 1. The molecule has 0 saturated heterocycles. The lowest BCUT2D eigenvalue weighted by Gasteiger charge is -2.14. The quantitative estimate of drug-likeness (QED) is 0.789. The molecule has 1 unspecified atom stereocenters. The maximum atomic E-state index is 12.3. The SMILES string of the molecule is CCn1cc(Br)c(CNC(=O)C(C)n2nc(C)c(Br)c2C)n1. The molecule has 0 saturated carbocycles. The van der Waals surface area contributed by atoms with Crippen molar-refractivity contribution in [2.45, 2.75) is 46.8 Å². The number of aryl methyl sites for hydroxylation is 2. The first-order chi connectivity index (χ1) is 10.3. The normalized spacial score (nSPS) is 12.5. The Morgan fingerprint density at radius 1 is 1.36 bits per heavy atom. The molecule has 120 valence electrons. The highest BCUT2D eigenvalue weighted by Gasteiger charge is 2.20. The fourth-order valence-electron chi connectivity index (χ4n) is 2.17. The van der Waals surface area contributed by atoms with Crippen LogP contribution in [0.15, 0.2) is 15.1 Å². The highest BCUT2D eigenvalue weighted by Crippen LogP contribution is 2.23. The van der Waals surface area contributed by atoms with Crippen molar-refractivity contribution in [1.82, 2.24) is 24.9 Å². The van der Waals surface area contributed by atoms with E-state index in [9.17, 15) is 4.79 Å². The standard InChI is InChI=1S/C14H19Br2N5O/c1-5-20-7-11(15)12(19-20)6-17-14(22)10(4)21-9(3)13(16)8(2)18-21/h7,10H,5-6H2,1-4H3,(H,17,22). The molecule has 2 rings (SSSR count). The molecule has 6 nitrogen and oxygen atoms in total. The van der Waals surface area contributed by atoms with Crippen LogP contribution in [0.3, 0.4) is 0 Å². The molecule has 2 heterocycles. The van der Waals surface area contributed by atoms with Gasteiger partial charge < -0.3 is 5.32 Å². The summed E-state index contributed by atoms with van der Waals surface area (Å²) in [6, 6.07) is -0.378. The van der Waals surface area contributed by atoms with E-state index < -0.39 is 0 Å². The van der Waals surface area contributed by atoms with Gasteiger partial charge in [-0.2, -0.15) is 10.2 Å². The summed E-state index contributed by atoms with van der Waals surface area (Å²) < 4.78 is 5.40. The molecule has 0 aliphatic heterocycles. The average molecular weight is 433 g/mol. The smallest absolute Gasteiger partial charge is 0.244 e. The molecular formula is C14H19Br2N5O. The van der Waals surface area contributed by atoms with Crippen LogP contribution < -0.4 is 5.32 Å². The van der Waals surface area contributed by atoms with Crippen LogP contribution in [0, 0.1) is 13.8 Å².